The minimum Gasteiger partial charge on any atom is -0.493 e. The van der Waals surface area contributed by atoms with E-state index in [2.05, 4.69) is 16.8 Å². The molecule has 1 aromatic carbocycles. The molecule has 0 aromatic heterocycles. The van der Waals surface area contributed by atoms with Crippen molar-refractivity contribution in [2.45, 2.75) is 13.0 Å². The van der Waals surface area contributed by atoms with Gasteiger partial charge in [0.05, 0.1) is 21.3 Å². The molecule has 0 N–H and O–H groups in total. The summed E-state index contributed by atoms with van der Waals surface area (Å²) in [6.45, 7) is 5.41. The molecule has 1 aromatic rings. The van der Waals surface area contributed by atoms with Gasteiger partial charge in [0, 0.05) is 19.6 Å². The molecule has 0 radical (unpaired) electrons. The Labute approximate surface area is 127 Å². The molecule has 0 unspecified atom stereocenters. The zero-order valence-electron chi connectivity index (χ0n) is 13.5. The molecule has 0 spiro atoms. The molecule has 0 aliphatic carbocycles. The summed E-state index contributed by atoms with van der Waals surface area (Å²) in [5, 5.41) is 0. The standard InChI is InChI=1S/C16H26N2O3/c1-17-6-5-7-18(9-8-17)12-13-10-14(19-2)16(21-4)15(11-13)20-3/h10-11H,5-9,12H2,1-4H3. The highest BCUT2D eigenvalue weighted by atomic mass is 16.5. The number of nitrogens with zero attached hydrogens (tertiary/aromatic N) is 2. The topological polar surface area (TPSA) is 34.2 Å². The molecule has 2 rings (SSSR count). The third-order valence-electron chi connectivity index (χ3n) is 3.94. The van der Waals surface area contributed by atoms with Gasteiger partial charge in [0.1, 0.15) is 0 Å². The van der Waals surface area contributed by atoms with Crippen LogP contribution in [0.25, 0.3) is 0 Å². The van der Waals surface area contributed by atoms with Gasteiger partial charge in [-0.15, -0.1) is 0 Å². The van der Waals surface area contributed by atoms with E-state index in [1.165, 1.54) is 18.5 Å². The first-order chi connectivity index (χ1) is 10.2. The van der Waals surface area contributed by atoms with Crippen LogP contribution in [-0.4, -0.2) is 64.4 Å². The van der Waals surface area contributed by atoms with Crippen LogP contribution in [0.15, 0.2) is 12.1 Å². The highest BCUT2D eigenvalue weighted by molar-refractivity contribution is 5.53. The SMILES string of the molecule is COc1cc(CN2CCCN(C)CC2)cc(OC)c1OC. The molecule has 1 aliphatic rings. The van der Waals surface area contributed by atoms with E-state index in [-0.39, 0.29) is 0 Å². The van der Waals surface area contributed by atoms with Crippen LogP contribution >= 0.6 is 0 Å². The summed E-state index contributed by atoms with van der Waals surface area (Å²) in [6.07, 6.45) is 1.21. The van der Waals surface area contributed by atoms with Crippen LogP contribution in [0.1, 0.15) is 12.0 Å². The molecular weight excluding hydrogens is 268 g/mol. The highest BCUT2D eigenvalue weighted by Gasteiger charge is 2.16. The van der Waals surface area contributed by atoms with Gasteiger partial charge in [0.2, 0.25) is 5.75 Å². The molecule has 21 heavy (non-hydrogen) atoms. The molecule has 5 nitrogen and oxygen atoms in total. The first kappa shape index (κ1) is 15.9. The van der Waals surface area contributed by atoms with Gasteiger partial charge in [-0.3, -0.25) is 4.90 Å². The van der Waals surface area contributed by atoms with Crippen molar-refractivity contribution in [1.29, 1.82) is 0 Å². The van der Waals surface area contributed by atoms with Crippen molar-refractivity contribution in [3.05, 3.63) is 17.7 Å². The average Bonchev–Trinajstić information content (AvgIpc) is 2.70. The van der Waals surface area contributed by atoms with E-state index in [1.807, 2.05) is 12.1 Å². The third kappa shape index (κ3) is 4.02. The Morgan fingerprint density at radius 2 is 1.57 bits per heavy atom. The highest BCUT2D eigenvalue weighted by Crippen LogP contribution is 2.38. The lowest BCUT2D eigenvalue weighted by Crippen LogP contribution is -2.28. The number of rotatable bonds is 5. The van der Waals surface area contributed by atoms with Gasteiger partial charge in [0.15, 0.2) is 11.5 Å². The number of methoxy groups -OCH3 is 3. The van der Waals surface area contributed by atoms with E-state index in [0.29, 0.717) is 5.75 Å². The molecule has 0 amide bonds. The molecular formula is C16H26N2O3. The van der Waals surface area contributed by atoms with E-state index in [9.17, 15) is 0 Å². The van der Waals surface area contributed by atoms with Crippen molar-refractivity contribution in [1.82, 2.24) is 9.80 Å². The fourth-order valence-corrected chi connectivity index (χ4v) is 2.74. The van der Waals surface area contributed by atoms with Crippen LogP contribution in [0.5, 0.6) is 17.2 Å². The van der Waals surface area contributed by atoms with Crippen LogP contribution in [0.2, 0.25) is 0 Å². The Hall–Kier alpha value is -1.46. The molecule has 1 saturated heterocycles. The number of ether oxygens (including phenoxy) is 3. The molecule has 5 heteroatoms. The summed E-state index contributed by atoms with van der Waals surface area (Å²) in [6, 6.07) is 4.08. The molecule has 0 saturated carbocycles. The predicted octanol–water partition coefficient (Wildman–Crippen LogP) is 1.85. The maximum absolute atomic E-state index is 5.42. The number of benzene rings is 1. The third-order valence-corrected chi connectivity index (χ3v) is 3.94. The van der Waals surface area contributed by atoms with E-state index in [0.717, 1.165) is 37.7 Å². The smallest absolute Gasteiger partial charge is 0.203 e. The average molecular weight is 294 g/mol. The zero-order valence-corrected chi connectivity index (χ0v) is 13.5. The molecule has 0 atom stereocenters. The largest absolute Gasteiger partial charge is 0.493 e. The number of hydrogen-bond acceptors (Lipinski definition) is 5. The van der Waals surface area contributed by atoms with Crippen molar-refractivity contribution in [2.24, 2.45) is 0 Å². The second-order valence-corrected chi connectivity index (χ2v) is 5.47. The van der Waals surface area contributed by atoms with Gasteiger partial charge in [-0.2, -0.15) is 0 Å². The van der Waals surface area contributed by atoms with E-state index < -0.39 is 0 Å². The Morgan fingerprint density at radius 1 is 0.905 bits per heavy atom. The first-order valence-corrected chi connectivity index (χ1v) is 7.37. The van der Waals surface area contributed by atoms with Crippen molar-refractivity contribution in [3.63, 3.8) is 0 Å². The maximum atomic E-state index is 5.42. The van der Waals surface area contributed by atoms with Gasteiger partial charge in [-0.1, -0.05) is 0 Å². The summed E-state index contributed by atoms with van der Waals surface area (Å²) in [7, 11) is 7.12. The molecule has 1 heterocycles. The normalized spacial score (nSPS) is 17.3. The van der Waals surface area contributed by atoms with Crippen molar-refractivity contribution in [3.8, 4) is 17.2 Å². The summed E-state index contributed by atoms with van der Waals surface area (Å²) < 4.78 is 16.2. The van der Waals surface area contributed by atoms with E-state index in [1.54, 1.807) is 21.3 Å². The fraction of sp³-hybridized carbons (Fsp3) is 0.625. The molecule has 118 valence electrons. The maximum Gasteiger partial charge on any atom is 0.203 e. The van der Waals surface area contributed by atoms with E-state index >= 15 is 0 Å². The van der Waals surface area contributed by atoms with Gasteiger partial charge in [-0.25, -0.2) is 0 Å². The van der Waals surface area contributed by atoms with Crippen molar-refractivity contribution >= 4 is 0 Å². The minimum absolute atomic E-state index is 0.652. The lowest BCUT2D eigenvalue weighted by atomic mass is 10.1. The lowest BCUT2D eigenvalue weighted by Gasteiger charge is -2.21. The van der Waals surface area contributed by atoms with Gasteiger partial charge in [-0.05, 0) is 44.3 Å². The molecule has 0 bridgehead atoms. The van der Waals surface area contributed by atoms with E-state index in [4.69, 9.17) is 14.2 Å². The van der Waals surface area contributed by atoms with Crippen LogP contribution in [0.4, 0.5) is 0 Å². The van der Waals surface area contributed by atoms with Crippen LogP contribution in [0.3, 0.4) is 0 Å². The van der Waals surface area contributed by atoms with Crippen molar-refractivity contribution in [2.75, 3.05) is 54.6 Å². The Kier molecular flexibility index (Phi) is 5.70. The van der Waals surface area contributed by atoms with Gasteiger partial charge < -0.3 is 19.1 Å². The second kappa shape index (κ2) is 7.52. The zero-order chi connectivity index (χ0) is 15.2. The van der Waals surface area contributed by atoms with Crippen LogP contribution in [0, 0.1) is 0 Å². The Balaban J connectivity index is 2.15. The summed E-state index contributed by atoms with van der Waals surface area (Å²) >= 11 is 0. The van der Waals surface area contributed by atoms with Crippen LogP contribution < -0.4 is 14.2 Å². The molecule has 1 aliphatic heterocycles. The number of hydrogen-bond donors (Lipinski definition) is 0. The Bertz CT molecular complexity index is 440. The first-order valence-electron chi connectivity index (χ1n) is 7.37. The number of likely N-dealkylation sites (N-methyl/N-ethyl adjacent to an activating group) is 1. The lowest BCUT2D eigenvalue weighted by molar-refractivity contribution is 0.267. The molecule has 1 fully saturated rings. The quantitative estimate of drug-likeness (QED) is 0.828. The summed E-state index contributed by atoms with van der Waals surface area (Å²) in [4.78, 5) is 4.86. The van der Waals surface area contributed by atoms with Crippen molar-refractivity contribution < 1.29 is 14.2 Å². The Morgan fingerprint density at radius 3 is 2.14 bits per heavy atom. The summed E-state index contributed by atoms with van der Waals surface area (Å²) in [5.74, 6) is 2.09. The van der Waals surface area contributed by atoms with Gasteiger partial charge in [0.25, 0.3) is 0 Å². The summed E-state index contributed by atoms with van der Waals surface area (Å²) in [5.41, 5.74) is 1.19. The predicted molar refractivity (Wildman–Crippen MR) is 83.5 cm³/mol. The minimum atomic E-state index is 0.652. The van der Waals surface area contributed by atoms with Crippen LogP contribution in [-0.2, 0) is 6.54 Å². The van der Waals surface area contributed by atoms with Gasteiger partial charge >= 0.3 is 0 Å². The second-order valence-electron chi connectivity index (χ2n) is 5.47. The fourth-order valence-electron chi connectivity index (χ4n) is 2.74. The monoisotopic (exact) mass is 294 g/mol.